The lowest BCUT2D eigenvalue weighted by atomic mass is 9.94. The largest absolute Gasteiger partial charge is 0.416 e. The Morgan fingerprint density at radius 1 is 1.19 bits per heavy atom. The number of rotatable bonds is 4. The molecule has 2 aromatic heterocycles. The van der Waals surface area contributed by atoms with Crippen molar-refractivity contribution in [3.63, 3.8) is 0 Å². The number of aromatic nitrogens is 2. The van der Waals surface area contributed by atoms with Crippen LogP contribution in [0.25, 0.3) is 28.2 Å². The number of H-pyrrole nitrogens is 1. The van der Waals surface area contributed by atoms with Crippen LogP contribution in [0.3, 0.4) is 0 Å². The number of halogens is 3. The van der Waals surface area contributed by atoms with Gasteiger partial charge >= 0.3 is 6.18 Å². The standard InChI is InChI=1S/C20H18F3N3O/c1-11(2)13-5-14(7-16(6-13)20(21,22)23)15-8-17-12(3-4-18(24)27)9-25-19(17)26-10-15/h3-11H,1-2H3,(H2,24,27)(H,25,26)/b4-3+. The van der Waals surface area contributed by atoms with Crippen molar-refractivity contribution in [2.45, 2.75) is 25.9 Å². The molecule has 2 heterocycles. The van der Waals surface area contributed by atoms with Gasteiger partial charge in [-0.2, -0.15) is 13.2 Å². The maximum Gasteiger partial charge on any atom is 0.416 e. The molecule has 140 valence electrons. The predicted molar refractivity (Wildman–Crippen MR) is 98.8 cm³/mol. The summed E-state index contributed by atoms with van der Waals surface area (Å²) >= 11 is 0. The zero-order valence-corrected chi connectivity index (χ0v) is 14.8. The second kappa shape index (κ2) is 6.90. The van der Waals surface area contributed by atoms with Crippen LogP contribution in [-0.4, -0.2) is 15.9 Å². The number of nitrogens with two attached hydrogens (primary N) is 1. The first-order valence-electron chi connectivity index (χ1n) is 8.32. The second-order valence-corrected chi connectivity index (χ2v) is 6.60. The van der Waals surface area contributed by atoms with Gasteiger partial charge in [-0.25, -0.2) is 4.98 Å². The lowest BCUT2D eigenvalue weighted by Crippen LogP contribution is -2.06. The summed E-state index contributed by atoms with van der Waals surface area (Å²) in [4.78, 5) is 18.2. The highest BCUT2D eigenvalue weighted by atomic mass is 19.4. The van der Waals surface area contributed by atoms with Gasteiger partial charge in [-0.05, 0) is 41.3 Å². The number of nitrogens with zero attached hydrogens (tertiary/aromatic N) is 1. The Labute approximate surface area is 153 Å². The van der Waals surface area contributed by atoms with E-state index in [0.29, 0.717) is 33.3 Å². The number of aromatic amines is 1. The van der Waals surface area contributed by atoms with Crippen molar-refractivity contribution < 1.29 is 18.0 Å². The Kier molecular flexibility index (Phi) is 4.78. The van der Waals surface area contributed by atoms with E-state index in [1.807, 2.05) is 13.8 Å². The van der Waals surface area contributed by atoms with Gasteiger partial charge in [0.2, 0.25) is 5.91 Å². The van der Waals surface area contributed by atoms with Crippen LogP contribution in [0.2, 0.25) is 0 Å². The average molecular weight is 373 g/mol. The Hall–Kier alpha value is -3.09. The molecule has 3 N–H and O–H groups in total. The van der Waals surface area contributed by atoms with Crippen LogP contribution >= 0.6 is 0 Å². The minimum atomic E-state index is -4.43. The Morgan fingerprint density at radius 3 is 2.56 bits per heavy atom. The van der Waals surface area contributed by atoms with E-state index < -0.39 is 17.6 Å². The number of pyridine rings is 1. The van der Waals surface area contributed by atoms with Gasteiger partial charge in [-0.15, -0.1) is 0 Å². The molecule has 0 spiro atoms. The van der Waals surface area contributed by atoms with E-state index in [1.54, 1.807) is 18.3 Å². The zero-order valence-electron chi connectivity index (χ0n) is 14.8. The molecule has 0 saturated carbocycles. The van der Waals surface area contributed by atoms with Gasteiger partial charge in [0.1, 0.15) is 5.65 Å². The van der Waals surface area contributed by atoms with Crippen molar-refractivity contribution >= 4 is 23.0 Å². The van der Waals surface area contributed by atoms with E-state index in [2.05, 4.69) is 9.97 Å². The summed E-state index contributed by atoms with van der Waals surface area (Å²) in [7, 11) is 0. The lowest BCUT2D eigenvalue weighted by molar-refractivity contribution is -0.137. The van der Waals surface area contributed by atoms with Crippen LogP contribution in [0.15, 0.2) is 42.7 Å². The molecule has 0 aliphatic rings. The molecular formula is C20H18F3N3O. The number of carbonyl (C=O) groups excluding carboxylic acids is 1. The lowest BCUT2D eigenvalue weighted by Gasteiger charge is -2.14. The quantitative estimate of drug-likeness (QED) is 0.641. The first-order valence-corrected chi connectivity index (χ1v) is 8.32. The minimum Gasteiger partial charge on any atom is -0.366 e. The molecule has 0 aliphatic heterocycles. The summed E-state index contributed by atoms with van der Waals surface area (Å²) < 4.78 is 39.9. The minimum absolute atomic E-state index is 0.0518. The fourth-order valence-electron chi connectivity index (χ4n) is 2.81. The molecule has 0 atom stereocenters. The van der Waals surface area contributed by atoms with Gasteiger partial charge < -0.3 is 10.7 Å². The van der Waals surface area contributed by atoms with E-state index in [0.717, 1.165) is 6.07 Å². The molecule has 27 heavy (non-hydrogen) atoms. The summed E-state index contributed by atoms with van der Waals surface area (Å²) in [5, 5.41) is 0.688. The van der Waals surface area contributed by atoms with Crippen LogP contribution < -0.4 is 5.73 Å². The van der Waals surface area contributed by atoms with Crippen molar-refractivity contribution in [1.82, 2.24) is 9.97 Å². The summed E-state index contributed by atoms with van der Waals surface area (Å²) in [5.74, 6) is -0.642. The summed E-state index contributed by atoms with van der Waals surface area (Å²) in [6, 6.07) is 5.80. The van der Waals surface area contributed by atoms with Crippen molar-refractivity contribution in [3.05, 3.63) is 59.4 Å². The third-order valence-corrected chi connectivity index (χ3v) is 4.27. The molecule has 1 aromatic carbocycles. The van der Waals surface area contributed by atoms with E-state index >= 15 is 0 Å². The monoisotopic (exact) mass is 373 g/mol. The topological polar surface area (TPSA) is 71.8 Å². The maximum atomic E-state index is 13.3. The number of hydrogen-bond acceptors (Lipinski definition) is 2. The molecule has 7 heteroatoms. The highest BCUT2D eigenvalue weighted by Crippen LogP contribution is 2.35. The SMILES string of the molecule is CC(C)c1cc(-c2cnc3[nH]cc(/C=C/C(N)=O)c3c2)cc(C(F)(F)F)c1. The van der Waals surface area contributed by atoms with E-state index in [1.165, 1.54) is 24.4 Å². The summed E-state index contributed by atoms with van der Waals surface area (Å²) in [6.45, 7) is 3.69. The maximum absolute atomic E-state index is 13.3. The molecule has 0 aliphatic carbocycles. The number of carbonyl (C=O) groups is 1. The fourth-order valence-corrected chi connectivity index (χ4v) is 2.81. The number of primary amides is 1. The summed E-state index contributed by atoms with van der Waals surface area (Å²) in [5.41, 5.74) is 7.27. The second-order valence-electron chi connectivity index (χ2n) is 6.60. The van der Waals surface area contributed by atoms with Gasteiger partial charge in [0.05, 0.1) is 5.56 Å². The van der Waals surface area contributed by atoms with Gasteiger partial charge in [-0.3, -0.25) is 4.79 Å². The molecule has 0 radical (unpaired) electrons. The molecule has 0 unspecified atom stereocenters. The van der Waals surface area contributed by atoms with Crippen LogP contribution in [-0.2, 0) is 11.0 Å². The van der Waals surface area contributed by atoms with E-state index in [9.17, 15) is 18.0 Å². The van der Waals surface area contributed by atoms with Crippen LogP contribution in [0.4, 0.5) is 13.2 Å². The van der Waals surface area contributed by atoms with Gasteiger partial charge in [0, 0.05) is 35.0 Å². The molecule has 0 fully saturated rings. The number of benzene rings is 1. The van der Waals surface area contributed by atoms with Crippen molar-refractivity contribution in [3.8, 4) is 11.1 Å². The first-order chi connectivity index (χ1) is 12.6. The number of hydrogen-bond donors (Lipinski definition) is 2. The van der Waals surface area contributed by atoms with Gasteiger partial charge in [0.15, 0.2) is 0 Å². The molecule has 3 aromatic rings. The molecule has 0 bridgehead atoms. The molecule has 4 nitrogen and oxygen atoms in total. The third kappa shape index (κ3) is 4.02. The zero-order chi connectivity index (χ0) is 19.8. The Balaban J connectivity index is 2.15. The smallest absolute Gasteiger partial charge is 0.366 e. The van der Waals surface area contributed by atoms with Crippen molar-refractivity contribution in [1.29, 1.82) is 0 Å². The molecular weight excluding hydrogens is 355 g/mol. The fraction of sp³-hybridized carbons (Fsp3) is 0.200. The molecule has 0 saturated heterocycles. The summed E-state index contributed by atoms with van der Waals surface area (Å²) in [6.07, 6.45) is 1.52. The van der Waals surface area contributed by atoms with E-state index in [-0.39, 0.29) is 5.92 Å². The Bertz CT molecular complexity index is 1030. The number of alkyl halides is 3. The highest BCUT2D eigenvalue weighted by molar-refractivity contribution is 5.95. The molecule has 3 rings (SSSR count). The third-order valence-electron chi connectivity index (χ3n) is 4.27. The van der Waals surface area contributed by atoms with Crippen LogP contribution in [0.1, 0.15) is 36.5 Å². The molecule has 1 amide bonds. The van der Waals surface area contributed by atoms with Crippen LogP contribution in [0, 0.1) is 0 Å². The van der Waals surface area contributed by atoms with E-state index in [4.69, 9.17) is 5.73 Å². The normalized spacial score (nSPS) is 12.4. The van der Waals surface area contributed by atoms with Gasteiger partial charge in [-0.1, -0.05) is 19.9 Å². The first kappa shape index (κ1) is 18.7. The number of fused-ring (bicyclic) bond motifs is 1. The van der Waals surface area contributed by atoms with Crippen molar-refractivity contribution in [2.75, 3.05) is 0 Å². The van der Waals surface area contributed by atoms with Crippen molar-refractivity contribution in [2.24, 2.45) is 5.73 Å². The highest BCUT2D eigenvalue weighted by Gasteiger charge is 2.31. The van der Waals surface area contributed by atoms with Gasteiger partial charge in [0.25, 0.3) is 0 Å². The van der Waals surface area contributed by atoms with Crippen LogP contribution in [0.5, 0.6) is 0 Å². The number of amides is 1. The number of nitrogens with one attached hydrogen (secondary N) is 1. The average Bonchev–Trinajstić information content (AvgIpc) is 3.01. The Morgan fingerprint density at radius 2 is 1.93 bits per heavy atom. The predicted octanol–water partition coefficient (Wildman–Crippen LogP) is 4.87.